The minimum Gasteiger partial charge on any atom is -0.331 e. The lowest BCUT2D eigenvalue weighted by Gasteiger charge is -2.14. The number of aryl methyl sites for hydroxylation is 1. The monoisotopic (exact) mass is 542 g/mol. The fourth-order valence-corrected chi connectivity index (χ4v) is 4.52. The third-order valence-electron chi connectivity index (χ3n) is 5.36. The van der Waals surface area contributed by atoms with Crippen molar-refractivity contribution in [2.75, 3.05) is 5.32 Å². The molecule has 0 aliphatic heterocycles. The second-order valence-electron chi connectivity index (χ2n) is 8.14. The highest BCUT2D eigenvalue weighted by atomic mass is 32.2. The Kier molecular flexibility index (Phi) is 7.96. The van der Waals surface area contributed by atoms with Gasteiger partial charge in [-0.3, -0.25) is 14.7 Å². The van der Waals surface area contributed by atoms with Crippen LogP contribution in [0.4, 0.5) is 29.3 Å². The minimum absolute atomic E-state index is 0.0989. The highest BCUT2D eigenvalue weighted by Crippen LogP contribution is 2.34. The number of thioether (sulfide) groups is 1. The van der Waals surface area contributed by atoms with E-state index in [1.54, 1.807) is 4.57 Å². The van der Waals surface area contributed by atoms with Gasteiger partial charge in [0.1, 0.15) is 0 Å². The minimum atomic E-state index is -4.64. The Morgan fingerprint density at radius 1 is 1.05 bits per heavy atom. The van der Waals surface area contributed by atoms with E-state index in [-0.39, 0.29) is 23.7 Å². The molecular formula is C25H21F3N6O3S. The zero-order valence-electron chi connectivity index (χ0n) is 19.9. The van der Waals surface area contributed by atoms with Crippen LogP contribution in [0.2, 0.25) is 0 Å². The summed E-state index contributed by atoms with van der Waals surface area (Å²) in [7, 11) is 0. The fourth-order valence-electron chi connectivity index (χ4n) is 3.61. The topological polar surface area (TPSA) is 115 Å². The van der Waals surface area contributed by atoms with Crippen LogP contribution in [0.3, 0.4) is 0 Å². The van der Waals surface area contributed by atoms with Crippen molar-refractivity contribution in [3.63, 3.8) is 0 Å². The normalized spacial score (nSPS) is 11.3. The van der Waals surface area contributed by atoms with Crippen molar-refractivity contribution in [1.29, 1.82) is 0 Å². The van der Waals surface area contributed by atoms with E-state index in [0.717, 1.165) is 23.3 Å². The zero-order chi connectivity index (χ0) is 27.3. The average molecular weight is 543 g/mol. The Morgan fingerprint density at radius 2 is 1.79 bits per heavy atom. The summed E-state index contributed by atoms with van der Waals surface area (Å²) in [6.07, 6.45) is -4.64. The molecule has 3 aromatic carbocycles. The Balaban J connectivity index is 1.55. The van der Waals surface area contributed by atoms with Crippen molar-refractivity contribution in [2.24, 2.45) is 0 Å². The number of alkyl halides is 3. The third kappa shape index (κ3) is 6.48. The lowest BCUT2D eigenvalue weighted by Crippen LogP contribution is -2.30. The molecule has 38 heavy (non-hydrogen) atoms. The van der Waals surface area contributed by atoms with Crippen molar-refractivity contribution >= 4 is 29.2 Å². The van der Waals surface area contributed by atoms with Gasteiger partial charge < -0.3 is 10.6 Å². The highest BCUT2D eigenvalue weighted by molar-refractivity contribution is 7.98. The zero-order valence-corrected chi connectivity index (χ0v) is 20.7. The summed E-state index contributed by atoms with van der Waals surface area (Å²) in [6, 6.07) is 17.4. The molecule has 0 fully saturated rings. The molecule has 0 aliphatic carbocycles. The maximum Gasteiger partial charge on any atom is 0.418 e. The molecular weight excluding hydrogens is 521 g/mol. The van der Waals surface area contributed by atoms with Gasteiger partial charge in [0.25, 0.3) is 5.69 Å². The number of nitrogens with one attached hydrogen (secondary N) is 2. The number of benzene rings is 3. The van der Waals surface area contributed by atoms with E-state index < -0.39 is 22.7 Å². The van der Waals surface area contributed by atoms with Crippen molar-refractivity contribution in [1.82, 2.24) is 20.1 Å². The molecule has 4 rings (SSSR count). The largest absolute Gasteiger partial charge is 0.418 e. The number of rotatable bonds is 8. The first-order chi connectivity index (χ1) is 18.1. The summed E-state index contributed by atoms with van der Waals surface area (Å²) in [5, 5.41) is 24.6. The van der Waals surface area contributed by atoms with E-state index in [1.807, 2.05) is 31.2 Å². The first-order valence-electron chi connectivity index (χ1n) is 11.2. The van der Waals surface area contributed by atoms with E-state index >= 15 is 0 Å². The van der Waals surface area contributed by atoms with E-state index in [1.165, 1.54) is 48.2 Å². The van der Waals surface area contributed by atoms with Gasteiger partial charge in [0.15, 0.2) is 11.0 Å². The number of aromatic nitrogens is 3. The quantitative estimate of drug-likeness (QED) is 0.158. The predicted molar refractivity (Wildman–Crippen MR) is 136 cm³/mol. The molecule has 2 N–H and O–H groups in total. The first-order valence-corrected chi connectivity index (χ1v) is 12.2. The summed E-state index contributed by atoms with van der Waals surface area (Å²) in [4.78, 5) is 23.0. The van der Waals surface area contributed by atoms with Crippen LogP contribution in [-0.4, -0.2) is 25.7 Å². The molecule has 2 amide bonds. The maximum atomic E-state index is 13.3. The van der Waals surface area contributed by atoms with Crippen molar-refractivity contribution in [3.05, 3.63) is 105 Å². The molecule has 0 atom stereocenters. The van der Waals surface area contributed by atoms with Crippen LogP contribution in [0, 0.1) is 17.0 Å². The number of nitro benzene ring substituents is 1. The number of para-hydroxylation sites is 1. The number of nitrogens with zero attached hydrogens (tertiary/aromatic N) is 4. The number of anilines is 1. The summed E-state index contributed by atoms with van der Waals surface area (Å²) in [5.74, 6) is 0.847. The van der Waals surface area contributed by atoms with Gasteiger partial charge in [0.2, 0.25) is 0 Å². The Hall–Kier alpha value is -4.39. The number of carbonyl (C=O) groups excluding carboxylic acids is 1. The molecule has 1 aromatic heterocycles. The molecule has 0 saturated carbocycles. The van der Waals surface area contributed by atoms with Gasteiger partial charge in [-0.25, -0.2) is 4.79 Å². The summed E-state index contributed by atoms with van der Waals surface area (Å²) in [5.41, 5.74) is 1.21. The predicted octanol–water partition coefficient (Wildman–Crippen LogP) is 6.12. The number of amides is 2. The standard InChI is InChI=1S/C25H21F3N6O3S/c1-16-5-4-6-17(13-16)15-38-24-32-31-22(33(24)18-9-11-19(12-10-18)34(36)37)14-29-23(35)30-21-8-3-2-7-20(21)25(26,27)28/h2-13H,14-15H2,1H3,(H2,29,30,35). The Labute approximate surface area is 219 Å². The van der Waals surface area contributed by atoms with Gasteiger partial charge in [-0.1, -0.05) is 53.7 Å². The molecule has 0 saturated heterocycles. The van der Waals surface area contributed by atoms with Gasteiger partial charge in [0.05, 0.1) is 22.7 Å². The number of halogens is 3. The van der Waals surface area contributed by atoms with Crippen molar-refractivity contribution < 1.29 is 22.9 Å². The van der Waals surface area contributed by atoms with E-state index in [9.17, 15) is 28.1 Å². The van der Waals surface area contributed by atoms with Crippen molar-refractivity contribution in [3.8, 4) is 5.69 Å². The molecule has 0 aliphatic rings. The van der Waals surface area contributed by atoms with E-state index in [0.29, 0.717) is 16.6 Å². The maximum absolute atomic E-state index is 13.3. The SMILES string of the molecule is Cc1cccc(CSc2nnc(CNC(=O)Nc3ccccc3C(F)(F)F)n2-c2ccc([N+](=O)[O-])cc2)c1. The van der Waals surface area contributed by atoms with Crippen LogP contribution >= 0.6 is 11.8 Å². The molecule has 196 valence electrons. The number of non-ortho nitro benzene ring substituents is 1. The average Bonchev–Trinajstić information content (AvgIpc) is 3.29. The third-order valence-corrected chi connectivity index (χ3v) is 6.36. The van der Waals surface area contributed by atoms with Crippen LogP contribution < -0.4 is 10.6 Å². The fraction of sp³-hybridized carbons (Fsp3) is 0.160. The molecule has 13 heteroatoms. The number of urea groups is 1. The lowest BCUT2D eigenvalue weighted by molar-refractivity contribution is -0.384. The molecule has 1 heterocycles. The Bertz CT molecular complexity index is 1460. The number of hydrogen-bond donors (Lipinski definition) is 2. The van der Waals surface area contributed by atoms with Gasteiger partial charge in [-0.05, 0) is 36.8 Å². The van der Waals surface area contributed by atoms with Crippen LogP contribution in [-0.2, 0) is 18.5 Å². The molecule has 0 bridgehead atoms. The van der Waals surface area contributed by atoms with Crippen LogP contribution in [0.1, 0.15) is 22.5 Å². The van der Waals surface area contributed by atoms with Gasteiger partial charge in [0, 0.05) is 23.6 Å². The second-order valence-corrected chi connectivity index (χ2v) is 9.08. The van der Waals surface area contributed by atoms with Crippen LogP contribution in [0.15, 0.2) is 78.0 Å². The molecule has 0 spiro atoms. The molecule has 0 radical (unpaired) electrons. The van der Waals surface area contributed by atoms with Crippen LogP contribution in [0.25, 0.3) is 5.69 Å². The number of nitro groups is 1. The van der Waals surface area contributed by atoms with Gasteiger partial charge in [-0.2, -0.15) is 13.2 Å². The number of hydrogen-bond acceptors (Lipinski definition) is 6. The molecule has 4 aromatic rings. The molecule has 9 nitrogen and oxygen atoms in total. The van der Waals surface area contributed by atoms with Crippen LogP contribution in [0.5, 0.6) is 0 Å². The smallest absolute Gasteiger partial charge is 0.331 e. The Morgan fingerprint density at radius 3 is 2.47 bits per heavy atom. The first kappa shape index (κ1) is 26.7. The summed E-state index contributed by atoms with van der Waals surface area (Å²) >= 11 is 1.38. The molecule has 0 unspecified atom stereocenters. The van der Waals surface area contributed by atoms with E-state index in [2.05, 4.69) is 20.8 Å². The highest BCUT2D eigenvalue weighted by Gasteiger charge is 2.33. The van der Waals surface area contributed by atoms with Gasteiger partial charge in [-0.15, -0.1) is 10.2 Å². The lowest BCUT2D eigenvalue weighted by atomic mass is 10.1. The van der Waals surface area contributed by atoms with Crippen molar-refractivity contribution in [2.45, 2.75) is 30.6 Å². The second kappa shape index (κ2) is 11.3. The number of carbonyl (C=O) groups is 1. The van der Waals surface area contributed by atoms with E-state index in [4.69, 9.17) is 0 Å². The van der Waals surface area contributed by atoms with Gasteiger partial charge >= 0.3 is 12.2 Å². The summed E-state index contributed by atoms with van der Waals surface area (Å²) < 4.78 is 41.4. The summed E-state index contributed by atoms with van der Waals surface area (Å²) in [6.45, 7) is 1.81.